The Morgan fingerprint density at radius 3 is 2.38 bits per heavy atom. The second-order valence-corrected chi connectivity index (χ2v) is 3.70. The maximum atomic E-state index is 11.7. The molecule has 0 fully saturated rings. The number of amides is 1. The first-order chi connectivity index (χ1) is 7.26. The summed E-state index contributed by atoms with van der Waals surface area (Å²) in [6.07, 6.45) is -5.37. The topological polar surface area (TPSA) is 58.6 Å². The Balaban J connectivity index is 4.00. The molecule has 0 aromatic carbocycles. The van der Waals surface area contributed by atoms with Crippen molar-refractivity contribution in [3.8, 4) is 0 Å². The molecule has 0 aliphatic carbocycles. The number of carbonyl (C=O) groups excluding carboxylic acids is 1. The summed E-state index contributed by atoms with van der Waals surface area (Å²) in [6.45, 7) is 1.81. The Labute approximate surface area is 91.8 Å². The zero-order chi connectivity index (χ0) is 12.8. The number of aliphatic hydroxyl groups is 1. The van der Waals surface area contributed by atoms with Gasteiger partial charge in [-0.25, -0.2) is 4.79 Å². The lowest BCUT2D eigenvalue weighted by molar-refractivity contribution is -0.160. The van der Waals surface area contributed by atoms with Crippen LogP contribution in [0.25, 0.3) is 0 Å². The molecule has 16 heavy (non-hydrogen) atoms. The van der Waals surface area contributed by atoms with Crippen LogP contribution in [0.3, 0.4) is 0 Å². The van der Waals surface area contributed by atoms with Crippen LogP contribution in [0.1, 0.15) is 20.3 Å². The fourth-order valence-corrected chi connectivity index (χ4v) is 1.05. The van der Waals surface area contributed by atoms with Crippen LogP contribution in [-0.2, 0) is 4.74 Å². The van der Waals surface area contributed by atoms with Crippen LogP contribution in [-0.4, -0.2) is 36.6 Å². The predicted molar refractivity (Wildman–Crippen MR) is 50.9 cm³/mol. The van der Waals surface area contributed by atoms with Gasteiger partial charge in [-0.2, -0.15) is 13.2 Å². The molecule has 1 amide bonds. The van der Waals surface area contributed by atoms with Gasteiger partial charge in [0, 0.05) is 12.6 Å². The number of halogens is 3. The fourth-order valence-electron chi connectivity index (χ4n) is 1.05. The van der Waals surface area contributed by atoms with Crippen LogP contribution < -0.4 is 5.32 Å². The van der Waals surface area contributed by atoms with Crippen molar-refractivity contribution in [3.05, 3.63) is 0 Å². The molecule has 0 spiro atoms. The van der Waals surface area contributed by atoms with E-state index in [1.165, 1.54) is 0 Å². The van der Waals surface area contributed by atoms with Crippen molar-refractivity contribution in [3.63, 3.8) is 0 Å². The Morgan fingerprint density at radius 1 is 1.44 bits per heavy atom. The number of aliphatic hydroxyl groups excluding tert-OH is 1. The van der Waals surface area contributed by atoms with Crippen LogP contribution in [0.4, 0.5) is 18.0 Å². The summed E-state index contributed by atoms with van der Waals surface area (Å²) < 4.78 is 39.1. The van der Waals surface area contributed by atoms with E-state index in [9.17, 15) is 18.0 Å². The molecule has 2 N–H and O–H groups in total. The molecule has 0 aliphatic heterocycles. The van der Waals surface area contributed by atoms with Crippen LogP contribution in [0.5, 0.6) is 0 Å². The van der Waals surface area contributed by atoms with E-state index in [0.29, 0.717) is 0 Å². The van der Waals surface area contributed by atoms with Gasteiger partial charge in [0.2, 0.25) is 0 Å². The highest BCUT2D eigenvalue weighted by molar-refractivity contribution is 5.67. The van der Waals surface area contributed by atoms with E-state index in [-0.39, 0.29) is 18.9 Å². The van der Waals surface area contributed by atoms with Crippen LogP contribution in [0.2, 0.25) is 0 Å². The molecule has 96 valence electrons. The molecule has 0 aromatic heterocycles. The van der Waals surface area contributed by atoms with Crippen molar-refractivity contribution in [1.82, 2.24) is 5.32 Å². The second kappa shape index (κ2) is 6.57. The van der Waals surface area contributed by atoms with E-state index in [2.05, 4.69) is 10.1 Å². The van der Waals surface area contributed by atoms with Crippen molar-refractivity contribution in [2.24, 2.45) is 5.92 Å². The molecule has 7 heteroatoms. The van der Waals surface area contributed by atoms with Gasteiger partial charge in [-0.1, -0.05) is 13.8 Å². The first kappa shape index (κ1) is 15.0. The Bertz CT molecular complexity index is 219. The summed E-state index contributed by atoms with van der Waals surface area (Å²) in [5.41, 5.74) is 0. The van der Waals surface area contributed by atoms with Gasteiger partial charge in [0.15, 0.2) is 6.61 Å². The molecular weight excluding hydrogens is 227 g/mol. The SMILES string of the molecule is CC(C)C(CCO)NC(=O)OCC(F)(F)F. The van der Waals surface area contributed by atoms with E-state index in [4.69, 9.17) is 5.11 Å². The summed E-state index contributed by atoms with van der Waals surface area (Å²) in [6, 6.07) is -0.397. The zero-order valence-corrected chi connectivity index (χ0v) is 9.17. The van der Waals surface area contributed by atoms with Crippen LogP contribution >= 0.6 is 0 Å². The minimum Gasteiger partial charge on any atom is -0.440 e. The van der Waals surface area contributed by atoms with Crippen molar-refractivity contribution in [2.45, 2.75) is 32.5 Å². The number of nitrogens with one attached hydrogen (secondary N) is 1. The lowest BCUT2D eigenvalue weighted by atomic mass is 10.0. The molecule has 0 saturated heterocycles. The average molecular weight is 243 g/mol. The fraction of sp³-hybridized carbons (Fsp3) is 0.889. The number of hydrogen-bond acceptors (Lipinski definition) is 3. The van der Waals surface area contributed by atoms with Crippen molar-refractivity contribution in [1.29, 1.82) is 0 Å². The highest BCUT2D eigenvalue weighted by Gasteiger charge is 2.30. The molecule has 0 aliphatic rings. The quantitative estimate of drug-likeness (QED) is 0.772. The summed E-state index contributed by atoms with van der Waals surface area (Å²) >= 11 is 0. The number of rotatable bonds is 5. The smallest absolute Gasteiger partial charge is 0.422 e. The molecule has 0 bridgehead atoms. The number of alkyl carbamates (subject to hydrolysis) is 1. The third-order valence-corrected chi connectivity index (χ3v) is 1.92. The summed E-state index contributed by atoms with van der Waals surface area (Å²) in [4.78, 5) is 11.0. The van der Waals surface area contributed by atoms with Crippen LogP contribution in [0, 0.1) is 5.92 Å². The highest BCUT2D eigenvalue weighted by atomic mass is 19.4. The first-order valence-electron chi connectivity index (χ1n) is 4.87. The monoisotopic (exact) mass is 243 g/mol. The molecule has 0 saturated carbocycles. The Morgan fingerprint density at radius 2 is 2.00 bits per heavy atom. The average Bonchev–Trinajstić information content (AvgIpc) is 2.13. The molecule has 0 aromatic rings. The van der Waals surface area contributed by atoms with Crippen molar-refractivity contribution in [2.75, 3.05) is 13.2 Å². The second-order valence-electron chi connectivity index (χ2n) is 3.70. The maximum absolute atomic E-state index is 11.7. The van der Waals surface area contributed by atoms with Gasteiger partial charge in [-0.15, -0.1) is 0 Å². The van der Waals surface area contributed by atoms with Gasteiger partial charge in [0.1, 0.15) is 0 Å². The maximum Gasteiger partial charge on any atom is 0.422 e. The number of alkyl halides is 3. The molecule has 0 rings (SSSR count). The Kier molecular flexibility index (Phi) is 6.17. The Hall–Kier alpha value is -0.980. The highest BCUT2D eigenvalue weighted by Crippen LogP contribution is 2.14. The largest absolute Gasteiger partial charge is 0.440 e. The van der Waals surface area contributed by atoms with E-state index in [1.54, 1.807) is 13.8 Å². The van der Waals surface area contributed by atoms with Gasteiger partial charge in [0.05, 0.1) is 0 Å². The third kappa shape index (κ3) is 7.33. The minimum atomic E-state index is -4.53. The van der Waals surface area contributed by atoms with Crippen molar-refractivity contribution >= 4 is 6.09 Å². The van der Waals surface area contributed by atoms with Gasteiger partial charge in [-0.3, -0.25) is 0 Å². The summed E-state index contributed by atoms with van der Waals surface area (Å²) in [7, 11) is 0. The lowest BCUT2D eigenvalue weighted by Crippen LogP contribution is -2.40. The van der Waals surface area contributed by atoms with Gasteiger partial charge in [-0.05, 0) is 12.3 Å². The molecular formula is C9H16F3NO3. The molecule has 1 atom stereocenters. The third-order valence-electron chi connectivity index (χ3n) is 1.92. The minimum absolute atomic E-state index is 0.00517. The van der Waals surface area contributed by atoms with Gasteiger partial charge in [0.25, 0.3) is 0 Å². The van der Waals surface area contributed by atoms with Crippen molar-refractivity contribution < 1.29 is 27.8 Å². The summed E-state index contributed by atoms with van der Waals surface area (Å²) in [5.74, 6) is 0.00517. The predicted octanol–water partition coefficient (Wildman–Crippen LogP) is 1.68. The zero-order valence-electron chi connectivity index (χ0n) is 9.17. The van der Waals surface area contributed by atoms with Gasteiger partial charge >= 0.3 is 12.3 Å². The van der Waals surface area contributed by atoms with Crippen LogP contribution in [0.15, 0.2) is 0 Å². The normalized spacial score (nSPS) is 13.7. The van der Waals surface area contributed by atoms with E-state index in [1.807, 2.05) is 0 Å². The summed E-state index contributed by atoms with van der Waals surface area (Å²) in [5, 5.41) is 11.0. The standard InChI is InChI=1S/C9H16F3NO3/c1-6(2)7(3-4-14)13-8(15)16-5-9(10,11)12/h6-7,14H,3-5H2,1-2H3,(H,13,15). The van der Waals surface area contributed by atoms with E-state index < -0.39 is 24.9 Å². The molecule has 0 radical (unpaired) electrons. The molecule has 0 heterocycles. The molecule has 4 nitrogen and oxygen atoms in total. The lowest BCUT2D eigenvalue weighted by Gasteiger charge is -2.21. The molecule has 1 unspecified atom stereocenters. The number of carbonyl (C=O) groups is 1. The van der Waals surface area contributed by atoms with E-state index in [0.717, 1.165) is 0 Å². The first-order valence-corrected chi connectivity index (χ1v) is 4.87. The van der Waals surface area contributed by atoms with E-state index >= 15 is 0 Å². The van der Waals surface area contributed by atoms with Gasteiger partial charge < -0.3 is 15.2 Å². The number of ether oxygens (including phenoxy) is 1. The number of hydrogen-bond donors (Lipinski definition) is 2.